The summed E-state index contributed by atoms with van der Waals surface area (Å²) in [5.74, 6) is 2.02. The van der Waals surface area contributed by atoms with E-state index in [2.05, 4.69) is 96.8 Å². The lowest BCUT2D eigenvalue weighted by molar-refractivity contribution is -0.710. The third kappa shape index (κ3) is 10.4. The van der Waals surface area contributed by atoms with E-state index in [1.165, 1.54) is 106 Å². The van der Waals surface area contributed by atoms with Crippen LogP contribution >= 0.6 is 0 Å². The molecule has 38 heavy (non-hydrogen) atoms. The molecule has 0 amide bonds. The van der Waals surface area contributed by atoms with E-state index in [0.29, 0.717) is 5.92 Å². The van der Waals surface area contributed by atoms with E-state index in [9.17, 15) is 0 Å². The lowest BCUT2D eigenvalue weighted by Crippen LogP contribution is -2.41. The van der Waals surface area contributed by atoms with E-state index >= 15 is 0 Å². The van der Waals surface area contributed by atoms with Crippen molar-refractivity contribution in [2.24, 2.45) is 0 Å². The van der Waals surface area contributed by atoms with Gasteiger partial charge in [0.2, 0.25) is 0 Å². The van der Waals surface area contributed by atoms with Crippen molar-refractivity contribution in [1.82, 2.24) is 4.57 Å². The van der Waals surface area contributed by atoms with Crippen molar-refractivity contribution in [3.8, 4) is 0 Å². The van der Waals surface area contributed by atoms with Crippen LogP contribution in [0.2, 0.25) is 0 Å². The first-order valence-corrected chi connectivity index (χ1v) is 15.9. The Kier molecular flexibility index (Phi) is 14.3. The molecule has 0 aliphatic heterocycles. The first-order chi connectivity index (χ1) is 18.7. The number of unbranched alkanes of at least 4 members (excludes halogenated alkanes) is 11. The maximum Gasteiger partial charge on any atom is 0.261 e. The Morgan fingerprint density at radius 1 is 0.658 bits per heavy atom. The van der Waals surface area contributed by atoms with Crippen LogP contribution in [0.4, 0.5) is 0 Å². The first kappa shape index (κ1) is 30.2. The Labute approximate surface area is 234 Å². The van der Waals surface area contributed by atoms with Gasteiger partial charge in [0.1, 0.15) is 11.9 Å². The van der Waals surface area contributed by atoms with Crippen LogP contribution < -0.4 is 4.57 Å². The smallest absolute Gasteiger partial charge is 0.234 e. The maximum atomic E-state index is 2.72. The quantitative estimate of drug-likeness (QED) is 0.105. The van der Waals surface area contributed by atoms with Gasteiger partial charge >= 0.3 is 0 Å². The molecular formula is C36H55N2+. The van der Waals surface area contributed by atoms with Crippen molar-refractivity contribution >= 4 is 0 Å². The summed E-state index contributed by atoms with van der Waals surface area (Å²) in [5, 5.41) is 0. The number of benzene rings is 2. The Bertz CT molecular complexity index is 989. The Morgan fingerprint density at radius 3 is 1.84 bits per heavy atom. The summed E-state index contributed by atoms with van der Waals surface area (Å²) in [4.78, 5) is 0. The van der Waals surface area contributed by atoms with Gasteiger partial charge < -0.3 is 0 Å². The van der Waals surface area contributed by atoms with Crippen LogP contribution in [-0.2, 0) is 25.9 Å². The zero-order valence-electron chi connectivity index (χ0n) is 24.8. The van der Waals surface area contributed by atoms with Gasteiger partial charge in [-0.2, -0.15) is 0 Å². The van der Waals surface area contributed by atoms with Crippen LogP contribution in [0, 0.1) is 0 Å². The van der Waals surface area contributed by atoms with Gasteiger partial charge in [-0.1, -0.05) is 139 Å². The molecule has 3 rings (SSSR count). The van der Waals surface area contributed by atoms with Gasteiger partial charge in [0.15, 0.2) is 0 Å². The molecule has 3 aromatic rings. The molecular weight excluding hydrogens is 460 g/mol. The molecule has 2 aromatic carbocycles. The zero-order chi connectivity index (χ0) is 26.8. The number of hydrogen-bond acceptors (Lipinski definition) is 0. The van der Waals surface area contributed by atoms with Crippen molar-refractivity contribution < 1.29 is 4.57 Å². The minimum absolute atomic E-state index is 0.519. The van der Waals surface area contributed by atoms with E-state index in [-0.39, 0.29) is 0 Å². The SMILES string of the molecule is CCCCCCCCCn1cc(CC(C)c2ccccc2)[n+](CCCCCCCC)c1Cc1ccccc1. The average Bonchev–Trinajstić information content (AvgIpc) is 3.26. The molecule has 0 aliphatic rings. The van der Waals surface area contributed by atoms with Crippen molar-refractivity contribution in [1.29, 1.82) is 0 Å². The number of aromatic nitrogens is 2. The predicted molar refractivity (Wildman–Crippen MR) is 164 cm³/mol. The van der Waals surface area contributed by atoms with Crippen LogP contribution in [0.5, 0.6) is 0 Å². The second-order valence-corrected chi connectivity index (χ2v) is 11.4. The standard InChI is InChI=1S/C36H55N2/c1-4-6-8-10-12-13-21-27-37-31-35(29-32(3)34-25-19-16-20-26-34)38(28-22-14-11-9-7-5-2)36(37)30-33-23-17-15-18-24-33/h15-20,23-26,31-32H,4-14,21-22,27-30H2,1-3H3/q+1. The molecule has 208 valence electrons. The van der Waals surface area contributed by atoms with E-state index in [4.69, 9.17) is 0 Å². The predicted octanol–water partition coefficient (Wildman–Crippen LogP) is 9.82. The molecule has 2 nitrogen and oxygen atoms in total. The normalized spacial score (nSPS) is 12.2. The molecule has 1 atom stereocenters. The number of rotatable bonds is 20. The third-order valence-electron chi connectivity index (χ3n) is 8.12. The molecule has 2 heteroatoms. The van der Waals surface area contributed by atoms with Crippen LogP contribution in [-0.4, -0.2) is 4.57 Å². The summed E-state index contributed by atoms with van der Waals surface area (Å²) in [5.41, 5.74) is 4.39. The highest BCUT2D eigenvalue weighted by Gasteiger charge is 2.25. The van der Waals surface area contributed by atoms with Gasteiger partial charge in [0.05, 0.1) is 19.5 Å². The first-order valence-electron chi connectivity index (χ1n) is 15.9. The number of hydrogen-bond donors (Lipinski definition) is 0. The van der Waals surface area contributed by atoms with Gasteiger partial charge in [-0.3, -0.25) is 0 Å². The summed E-state index contributed by atoms with van der Waals surface area (Å²) in [6, 6.07) is 22.2. The molecule has 0 fully saturated rings. The fraction of sp³-hybridized carbons (Fsp3) is 0.583. The Morgan fingerprint density at radius 2 is 1.21 bits per heavy atom. The van der Waals surface area contributed by atoms with Crippen LogP contribution in [0.25, 0.3) is 0 Å². The van der Waals surface area contributed by atoms with Gasteiger partial charge in [-0.15, -0.1) is 0 Å². The number of imidazole rings is 1. The Hall–Kier alpha value is -2.35. The van der Waals surface area contributed by atoms with Crippen LogP contribution in [0.1, 0.15) is 133 Å². The van der Waals surface area contributed by atoms with Gasteiger partial charge in [0, 0.05) is 6.42 Å². The number of nitrogens with zero attached hydrogens (tertiary/aromatic N) is 2. The molecule has 0 bridgehead atoms. The van der Waals surface area contributed by atoms with Crippen LogP contribution in [0.15, 0.2) is 66.9 Å². The van der Waals surface area contributed by atoms with E-state index in [0.717, 1.165) is 25.9 Å². The maximum absolute atomic E-state index is 2.72. The fourth-order valence-electron chi connectivity index (χ4n) is 5.75. The molecule has 0 radical (unpaired) electrons. The lowest BCUT2D eigenvalue weighted by atomic mass is 9.96. The van der Waals surface area contributed by atoms with Crippen molar-refractivity contribution in [3.05, 3.63) is 89.5 Å². The van der Waals surface area contributed by atoms with Gasteiger partial charge in [-0.05, 0) is 42.7 Å². The van der Waals surface area contributed by atoms with E-state index in [1.807, 2.05) is 0 Å². The largest absolute Gasteiger partial charge is 0.261 e. The molecule has 0 saturated carbocycles. The number of aryl methyl sites for hydroxylation is 1. The fourth-order valence-corrected chi connectivity index (χ4v) is 5.75. The minimum Gasteiger partial charge on any atom is -0.234 e. The average molecular weight is 516 g/mol. The van der Waals surface area contributed by atoms with Gasteiger partial charge in [-0.25, -0.2) is 9.13 Å². The summed E-state index contributed by atoms with van der Waals surface area (Å²) in [6.07, 6.45) is 22.2. The summed E-state index contributed by atoms with van der Waals surface area (Å²) in [6.45, 7) is 9.30. The second kappa shape index (κ2) is 18.0. The van der Waals surface area contributed by atoms with Crippen molar-refractivity contribution in [2.75, 3.05) is 0 Å². The van der Waals surface area contributed by atoms with Crippen LogP contribution in [0.3, 0.4) is 0 Å². The van der Waals surface area contributed by atoms with Crippen molar-refractivity contribution in [2.45, 2.75) is 136 Å². The highest BCUT2D eigenvalue weighted by Crippen LogP contribution is 2.21. The second-order valence-electron chi connectivity index (χ2n) is 11.4. The topological polar surface area (TPSA) is 8.81 Å². The summed E-state index contributed by atoms with van der Waals surface area (Å²) < 4.78 is 5.34. The van der Waals surface area contributed by atoms with Gasteiger partial charge in [0.25, 0.3) is 5.82 Å². The summed E-state index contributed by atoms with van der Waals surface area (Å²) in [7, 11) is 0. The molecule has 1 heterocycles. The lowest BCUT2D eigenvalue weighted by Gasteiger charge is -2.12. The highest BCUT2D eigenvalue weighted by molar-refractivity contribution is 5.21. The molecule has 0 saturated heterocycles. The zero-order valence-corrected chi connectivity index (χ0v) is 24.8. The Balaban J connectivity index is 1.79. The molecule has 0 aliphatic carbocycles. The summed E-state index contributed by atoms with van der Waals surface area (Å²) >= 11 is 0. The molecule has 1 aromatic heterocycles. The monoisotopic (exact) mass is 515 g/mol. The van der Waals surface area contributed by atoms with E-state index < -0.39 is 0 Å². The third-order valence-corrected chi connectivity index (χ3v) is 8.12. The molecule has 1 unspecified atom stereocenters. The molecule has 0 N–H and O–H groups in total. The minimum atomic E-state index is 0.519. The van der Waals surface area contributed by atoms with Crippen molar-refractivity contribution in [3.63, 3.8) is 0 Å². The highest BCUT2D eigenvalue weighted by atomic mass is 15.2. The molecule has 0 spiro atoms. The van der Waals surface area contributed by atoms with E-state index in [1.54, 1.807) is 0 Å².